The molecule has 4 aliphatic carbocycles. The van der Waals surface area contributed by atoms with Crippen LogP contribution in [0.5, 0.6) is 0 Å². The molecule has 3 N–H and O–H groups in total. The first-order chi connectivity index (χ1) is 42.3. The fraction of sp³-hybridized carbons (Fsp3) is 0.449. The van der Waals surface area contributed by atoms with Gasteiger partial charge in [0.25, 0.3) is 17.4 Å². The summed E-state index contributed by atoms with van der Waals surface area (Å²) in [5, 5.41) is 14.5. The van der Waals surface area contributed by atoms with E-state index in [4.69, 9.17) is 9.47 Å². The number of H-pyrrole nitrogens is 1. The van der Waals surface area contributed by atoms with Gasteiger partial charge in [-0.05, 0) is 134 Å². The van der Waals surface area contributed by atoms with E-state index in [-0.39, 0.29) is 117 Å². The van der Waals surface area contributed by atoms with Crippen molar-refractivity contribution in [3.63, 3.8) is 0 Å². The fourth-order valence-electron chi connectivity index (χ4n) is 14.7. The number of aromatic amines is 1. The number of piperazine rings is 1. The Morgan fingerprint density at radius 2 is 1.44 bits per heavy atom. The van der Waals surface area contributed by atoms with E-state index < -0.39 is 35.0 Å². The lowest BCUT2D eigenvalue weighted by Crippen LogP contribution is -2.67. The van der Waals surface area contributed by atoms with Crippen molar-refractivity contribution in [1.82, 2.24) is 40.4 Å². The van der Waals surface area contributed by atoms with Crippen LogP contribution in [0.2, 0.25) is 0 Å². The van der Waals surface area contributed by atoms with E-state index in [0.29, 0.717) is 59.8 Å². The Morgan fingerprint density at radius 1 is 0.736 bits per heavy atom. The number of carbonyl (C=O) groups is 6. The molecule has 87 heavy (non-hydrogen) atoms. The first-order valence-corrected chi connectivity index (χ1v) is 31.4. The molecule has 6 amide bonds. The third kappa shape index (κ3) is 12.1. The van der Waals surface area contributed by atoms with Gasteiger partial charge in [0, 0.05) is 74.4 Å². The second-order valence-corrected chi connectivity index (χ2v) is 25.5. The standard InChI is InChI=1S/C69H75FN8O9/c70-58-26-23-44(37-59-54-21-8-9-22-55(54)63(81)74-73-59)36-56(58)66(84)76-34-32-75(33-35-76)60(79)40-78(67(85)86-41-57-52-19-6-4-17-50(52)51-18-5-7-20-53(51)57)42-69-29-27-68(28-30-69,43-87-69)72-64(82)61(45-12-2-1-3-13-45)71-62(80)48-15-10-14-47(38-48)49-16-11-31-77(39-49)65(83)46-24-25-46/h4-10,14-15,17-23,26,36,38,45-46,49,57,61H,1-3,11-13,16,24-25,27-35,37,39-43H2,(H,71,80)(H,72,82)(H,74,81)/t49?,61-,68?,69?/m1/s1. The number of nitrogens with one attached hydrogen (secondary N) is 3. The zero-order valence-electron chi connectivity index (χ0n) is 49.1. The minimum Gasteiger partial charge on any atom is -0.448 e. The lowest BCUT2D eigenvalue weighted by molar-refractivity contribution is -0.174. The van der Waals surface area contributed by atoms with Crippen LogP contribution < -0.4 is 16.2 Å². The van der Waals surface area contributed by atoms with Gasteiger partial charge in [0.05, 0.1) is 40.9 Å². The lowest BCUT2D eigenvalue weighted by Gasteiger charge is -2.54. The molecule has 0 spiro atoms. The van der Waals surface area contributed by atoms with E-state index in [0.717, 1.165) is 92.1 Å². The lowest BCUT2D eigenvalue weighted by atomic mass is 9.70. The van der Waals surface area contributed by atoms with Crippen LogP contribution in [0, 0.1) is 17.7 Å². The Bertz CT molecular complexity index is 3630. The van der Waals surface area contributed by atoms with E-state index in [1.165, 1.54) is 21.9 Å². The van der Waals surface area contributed by atoms with Crippen LogP contribution in [0.1, 0.15) is 144 Å². The Morgan fingerprint density at radius 3 is 2.15 bits per heavy atom. The molecule has 3 saturated carbocycles. The van der Waals surface area contributed by atoms with E-state index in [2.05, 4.69) is 45.1 Å². The number of ether oxygens (including phenoxy) is 2. The largest absolute Gasteiger partial charge is 0.448 e. The van der Waals surface area contributed by atoms with Gasteiger partial charge in [-0.3, -0.25) is 33.7 Å². The zero-order chi connectivity index (χ0) is 59.8. The summed E-state index contributed by atoms with van der Waals surface area (Å²) in [7, 11) is 0. The molecular formula is C69H75FN8O9. The number of hydrogen-bond acceptors (Lipinski definition) is 10. The van der Waals surface area contributed by atoms with Crippen molar-refractivity contribution in [2.45, 2.75) is 119 Å². The maximum absolute atomic E-state index is 15.5. The summed E-state index contributed by atoms with van der Waals surface area (Å²) >= 11 is 0. The summed E-state index contributed by atoms with van der Waals surface area (Å²) < 4.78 is 28.5. The molecule has 452 valence electrons. The average Bonchev–Trinajstić information content (AvgIpc) is 2.94. The highest BCUT2D eigenvalue weighted by molar-refractivity contribution is 5.98. The Labute approximate surface area is 505 Å². The maximum Gasteiger partial charge on any atom is 0.410 e. The number of carbonyl (C=O) groups excluding carboxylic acids is 6. The smallest absolute Gasteiger partial charge is 0.410 e. The van der Waals surface area contributed by atoms with Crippen LogP contribution in [0.25, 0.3) is 21.9 Å². The van der Waals surface area contributed by atoms with Crippen molar-refractivity contribution < 1.29 is 42.6 Å². The van der Waals surface area contributed by atoms with Crippen molar-refractivity contribution in [3.05, 3.63) is 171 Å². The molecule has 6 aromatic rings. The van der Waals surface area contributed by atoms with E-state index in [9.17, 15) is 33.6 Å². The molecule has 17 nitrogen and oxygen atoms in total. The molecule has 8 aliphatic rings. The van der Waals surface area contributed by atoms with Gasteiger partial charge in [0.1, 0.15) is 25.0 Å². The minimum atomic E-state index is -0.842. The van der Waals surface area contributed by atoms with Crippen molar-refractivity contribution in [3.8, 4) is 11.1 Å². The first kappa shape index (κ1) is 57.8. The van der Waals surface area contributed by atoms with E-state index in [1.807, 2.05) is 53.4 Å². The van der Waals surface area contributed by atoms with E-state index >= 15 is 4.39 Å². The number of hydrogen-bond donors (Lipinski definition) is 3. The van der Waals surface area contributed by atoms with Crippen molar-refractivity contribution >= 4 is 46.4 Å². The minimum absolute atomic E-state index is 0.0398. The monoisotopic (exact) mass is 1180 g/mol. The average molecular weight is 1180 g/mol. The quantitative estimate of drug-likeness (QED) is 0.0840. The van der Waals surface area contributed by atoms with Crippen molar-refractivity contribution in [1.29, 1.82) is 0 Å². The molecule has 4 saturated heterocycles. The van der Waals surface area contributed by atoms with Gasteiger partial charge in [-0.2, -0.15) is 5.10 Å². The maximum atomic E-state index is 15.5. The van der Waals surface area contributed by atoms with Crippen LogP contribution in [-0.2, 0) is 30.3 Å². The molecule has 4 aliphatic heterocycles. The predicted octanol–water partition coefficient (Wildman–Crippen LogP) is 8.88. The van der Waals surface area contributed by atoms with Crippen molar-refractivity contribution in [2.75, 3.05) is 65.6 Å². The number of likely N-dealkylation sites (tertiary alicyclic amines) is 1. The molecule has 1 unspecified atom stereocenters. The summed E-state index contributed by atoms with van der Waals surface area (Å²) in [6.45, 7) is 1.97. The van der Waals surface area contributed by atoms with Crippen molar-refractivity contribution in [2.24, 2.45) is 11.8 Å². The van der Waals surface area contributed by atoms with Crippen LogP contribution in [0.3, 0.4) is 0 Å². The number of piperidine rings is 1. The van der Waals surface area contributed by atoms with Crippen LogP contribution in [0.15, 0.2) is 120 Å². The highest BCUT2D eigenvalue weighted by atomic mass is 19.1. The highest BCUT2D eigenvalue weighted by Gasteiger charge is 2.53. The topological polar surface area (TPSA) is 204 Å². The predicted molar refractivity (Wildman–Crippen MR) is 324 cm³/mol. The van der Waals surface area contributed by atoms with Crippen LogP contribution in [0.4, 0.5) is 9.18 Å². The summed E-state index contributed by atoms with van der Waals surface area (Å²) in [5.41, 5.74) is 5.04. The summed E-state index contributed by atoms with van der Waals surface area (Å²) in [6, 6.07) is 34.6. The van der Waals surface area contributed by atoms with Gasteiger partial charge in [0.2, 0.25) is 17.7 Å². The fourth-order valence-corrected chi connectivity index (χ4v) is 14.7. The summed E-state index contributed by atoms with van der Waals surface area (Å²) in [6.07, 6.45) is 10.1. The van der Waals surface area contributed by atoms with Crippen LogP contribution in [-0.4, -0.2) is 148 Å². The Hall–Kier alpha value is -8.25. The van der Waals surface area contributed by atoms with E-state index in [1.54, 1.807) is 35.2 Å². The molecular weight excluding hydrogens is 1100 g/mol. The SMILES string of the molecule is O=C(N[C@@H](C(=O)NC12CCC(CN(CC(=O)N3CCN(C(=O)c4cc(Cc5n[nH]c(=O)c6ccccc56)ccc4F)CC3)C(=O)OCC3c4ccccc4-c4ccccc43)(CC1)OC2)C1CCCCC1)c1cccc(C2CCCN(C(=O)C3CC3)C2)c1. The summed E-state index contributed by atoms with van der Waals surface area (Å²) in [5.74, 6) is -1.77. The van der Waals surface area contributed by atoms with Gasteiger partial charge < -0.3 is 34.8 Å². The highest BCUT2D eigenvalue weighted by Crippen LogP contribution is 2.47. The number of halogens is 1. The van der Waals surface area contributed by atoms with Gasteiger partial charge in [-0.25, -0.2) is 14.3 Å². The molecule has 0 radical (unpaired) electrons. The molecule has 5 heterocycles. The zero-order valence-corrected chi connectivity index (χ0v) is 49.1. The third-order valence-corrected chi connectivity index (χ3v) is 19.9. The second kappa shape index (κ2) is 24.5. The molecule has 5 aromatic carbocycles. The van der Waals surface area contributed by atoms with Gasteiger partial charge >= 0.3 is 6.09 Å². The third-order valence-electron chi connectivity index (χ3n) is 19.9. The Balaban J connectivity index is 0.672. The molecule has 1 aromatic heterocycles. The van der Waals surface area contributed by atoms with Gasteiger partial charge in [-0.15, -0.1) is 0 Å². The Kier molecular flexibility index (Phi) is 16.3. The number of nitrogens with zero attached hydrogens (tertiary/aromatic N) is 5. The molecule has 7 fully saturated rings. The number of amides is 6. The molecule has 18 heteroatoms. The number of fused-ring (bicyclic) bond motifs is 7. The molecule has 2 bridgehead atoms. The first-order valence-electron chi connectivity index (χ1n) is 31.4. The normalized spacial score (nSPS) is 22.3. The van der Waals surface area contributed by atoms with Gasteiger partial charge in [-0.1, -0.05) is 104 Å². The molecule has 14 rings (SSSR count). The number of rotatable bonds is 16. The molecule has 2 atom stereocenters. The van der Waals surface area contributed by atoms with Crippen LogP contribution >= 0.6 is 0 Å². The number of benzene rings is 5. The number of aromatic nitrogens is 2. The summed E-state index contributed by atoms with van der Waals surface area (Å²) in [4.78, 5) is 104. The second-order valence-electron chi connectivity index (χ2n) is 25.5. The van der Waals surface area contributed by atoms with Gasteiger partial charge in [0.15, 0.2) is 0 Å².